The van der Waals surface area contributed by atoms with Crippen LogP contribution in [0.25, 0.3) is 0 Å². The molecule has 0 aliphatic carbocycles. The molecule has 98 valence electrons. The Morgan fingerprint density at radius 2 is 2.28 bits per heavy atom. The third-order valence-corrected chi connectivity index (χ3v) is 4.76. The molecule has 3 rings (SSSR count). The molecule has 3 nitrogen and oxygen atoms in total. The van der Waals surface area contributed by atoms with Gasteiger partial charge in [-0.3, -0.25) is 4.90 Å². The van der Waals surface area contributed by atoms with E-state index >= 15 is 0 Å². The summed E-state index contributed by atoms with van der Waals surface area (Å²) in [6, 6.07) is 6.13. The highest BCUT2D eigenvalue weighted by Gasteiger charge is 2.41. The quantitative estimate of drug-likeness (QED) is 0.860. The standard InChI is InChI=1S/C14H19ClN2O/c1-9-12-6-16-5-11(12)8-17(9)7-10-2-3-14(18)13(15)4-10/h2-4,9,11-12,16,18H,5-8H2,1H3. The highest BCUT2D eigenvalue weighted by Crippen LogP contribution is 2.34. The molecule has 0 saturated carbocycles. The molecule has 2 aliphatic heterocycles. The second-order valence-corrected chi connectivity index (χ2v) is 5.95. The zero-order chi connectivity index (χ0) is 12.7. The number of hydrogen-bond acceptors (Lipinski definition) is 3. The van der Waals surface area contributed by atoms with Crippen LogP contribution in [0, 0.1) is 11.8 Å². The minimum atomic E-state index is 0.163. The van der Waals surface area contributed by atoms with Gasteiger partial charge in [-0.2, -0.15) is 0 Å². The SMILES string of the molecule is CC1C2CNCC2CN1Cc1ccc(O)c(Cl)c1. The first-order chi connectivity index (χ1) is 8.65. The molecule has 4 heteroatoms. The van der Waals surface area contributed by atoms with Gasteiger partial charge in [0.2, 0.25) is 0 Å². The molecule has 3 atom stereocenters. The highest BCUT2D eigenvalue weighted by molar-refractivity contribution is 6.32. The van der Waals surface area contributed by atoms with Crippen LogP contribution in [0.5, 0.6) is 5.75 Å². The molecule has 2 aliphatic rings. The summed E-state index contributed by atoms with van der Waals surface area (Å²) in [4.78, 5) is 2.53. The van der Waals surface area contributed by atoms with Gasteiger partial charge in [-0.1, -0.05) is 17.7 Å². The van der Waals surface area contributed by atoms with Crippen LogP contribution in [0.4, 0.5) is 0 Å². The average molecular weight is 267 g/mol. The lowest BCUT2D eigenvalue weighted by molar-refractivity contribution is 0.231. The van der Waals surface area contributed by atoms with Gasteiger partial charge < -0.3 is 10.4 Å². The normalized spacial score (nSPS) is 31.8. The lowest BCUT2D eigenvalue weighted by Crippen LogP contribution is -2.32. The minimum absolute atomic E-state index is 0.163. The molecule has 1 aromatic rings. The fourth-order valence-electron chi connectivity index (χ4n) is 3.35. The summed E-state index contributed by atoms with van der Waals surface area (Å²) < 4.78 is 0. The molecule has 2 heterocycles. The molecule has 18 heavy (non-hydrogen) atoms. The Kier molecular flexibility index (Phi) is 3.22. The van der Waals surface area contributed by atoms with Gasteiger partial charge in [0.15, 0.2) is 0 Å². The van der Waals surface area contributed by atoms with Gasteiger partial charge in [0.05, 0.1) is 5.02 Å². The predicted molar refractivity (Wildman–Crippen MR) is 72.8 cm³/mol. The maximum atomic E-state index is 9.43. The van der Waals surface area contributed by atoms with Crippen LogP contribution >= 0.6 is 11.6 Å². The monoisotopic (exact) mass is 266 g/mol. The fourth-order valence-corrected chi connectivity index (χ4v) is 3.55. The number of fused-ring (bicyclic) bond motifs is 1. The molecule has 1 aromatic carbocycles. The van der Waals surface area contributed by atoms with E-state index in [0.717, 1.165) is 38.0 Å². The highest BCUT2D eigenvalue weighted by atomic mass is 35.5. The molecular weight excluding hydrogens is 248 g/mol. The lowest BCUT2D eigenvalue weighted by atomic mass is 9.95. The van der Waals surface area contributed by atoms with Crippen molar-refractivity contribution in [2.24, 2.45) is 11.8 Å². The summed E-state index contributed by atoms with van der Waals surface area (Å²) in [5.74, 6) is 1.75. The first-order valence-corrected chi connectivity index (χ1v) is 6.95. The second-order valence-electron chi connectivity index (χ2n) is 5.54. The number of likely N-dealkylation sites (tertiary alicyclic amines) is 1. The van der Waals surface area contributed by atoms with Gasteiger partial charge in [-0.25, -0.2) is 0 Å². The predicted octanol–water partition coefficient (Wildman–Crippen LogP) is 2.09. The third kappa shape index (κ3) is 2.11. The fraction of sp³-hybridized carbons (Fsp3) is 0.571. The van der Waals surface area contributed by atoms with E-state index in [2.05, 4.69) is 17.1 Å². The number of rotatable bonds is 2. The Morgan fingerprint density at radius 1 is 1.44 bits per heavy atom. The maximum absolute atomic E-state index is 9.43. The van der Waals surface area contributed by atoms with Crippen LogP contribution in [-0.4, -0.2) is 35.7 Å². The van der Waals surface area contributed by atoms with Crippen molar-refractivity contribution in [1.82, 2.24) is 10.2 Å². The van der Waals surface area contributed by atoms with Gasteiger partial charge >= 0.3 is 0 Å². The van der Waals surface area contributed by atoms with E-state index < -0.39 is 0 Å². The van der Waals surface area contributed by atoms with Crippen molar-refractivity contribution in [3.8, 4) is 5.75 Å². The largest absolute Gasteiger partial charge is 0.506 e. The average Bonchev–Trinajstić information content (AvgIpc) is 2.89. The van der Waals surface area contributed by atoms with E-state index in [1.807, 2.05) is 12.1 Å². The molecule has 0 spiro atoms. The van der Waals surface area contributed by atoms with Gasteiger partial charge in [-0.15, -0.1) is 0 Å². The van der Waals surface area contributed by atoms with Crippen molar-refractivity contribution in [2.45, 2.75) is 19.5 Å². The van der Waals surface area contributed by atoms with Crippen LogP contribution in [0.1, 0.15) is 12.5 Å². The van der Waals surface area contributed by atoms with E-state index in [4.69, 9.17) is 11.6 Å². The van der Waals surface area contributed by atoms with E-state index in [0.29, 0.717) is 11.1 Å². The van der Waals surface area contributed by atoms with Gasteiger partial charge in [0.1, 0.15) is 5.75 Å². The van der Waals surface area contributed by atoms with Crippen LogP contribution in [0.15, 0.2) is 18.2 Å². The van der Waals surface area contributed by atoms with Gasteiger partial charge in [-0.05, 0) is 49.5 Å². The first-order valence-electron chi connectivity index (χ1n) is 6.57. The summed E-state index contributed by atoms with van der Waals surface area (Å²) >= 11 is 5.95. The van der Waals surface area contributed by atoms with Gasteiger partial charge in [0, 0.05) is 19.1 Å². The molecule has 3 unspecified atom stereocenters. The summed E-state index contributed by atoms with van der Waals surface area (Å²) in [7, 11) is 0. The zero-order valence-electron chi connectivity index (χ0n) is 10.6. The van der Waals surface area contributed by atoms with Crippen LogP contribution in [-0.2, 0) is 6.54 Å². The number of nitrogens with zero attached hydrogens (tertiary/aromatic N) is 1. The first kappa shape index (κ1) is 12.3. The van der Waals surface area contributed by atoms with Gasteiger partial charge in [0.25, 0.3) is 0 Å². The molecule has 2 saturated heterocycles. The number of phenols is 1. The zero-order valence-corrected chi connectivity index (χ0v) is 11.3. The molecule has 0 amide bonds. The number of hydrogen-bond donors (Lipinski definition) is 2. The number of phenolic OH excluding ortho intramolecular Hbond substituents is 1. The molecule has 0 bridgehead atoms. The topological polar surface area (TPSA) is 35.5 Å². The van der Waals surface area contributed by atoms with Crippen molar-refractivity contribution in [2.75, 3.05) is 19.6 Å². The second kappa shape index (κ2) is 4.72. The van der Waals surface area contributed by atoms with E-state index in [1.165, 1.54) is 5.56 Å². The molecular formula is C14H19ClN2O. The Morgan fingerprint density at radius 3 is 3.00 bits per heavy atom. The summed E-state index contributed by atoms with van der Waals surface area (Å²) in [5, 5.41) is 13.4. The number of benzene rings is 1. The minimum Gasteiger partial charge on any atom is -0.506 e. The number of nitrogens with one attached hydrogen (secondary N) is 1. The third-order valence-electron chi connectivity index (χ3n) is 4.45. The van der Waals surface area contributed by atoms with Crippen LogP contribution in [0.2, 0.25) is 5.02 Å². The van der Waals surface area contributed by atoms with E-state index in [1.54, 1.807) is 6.07 Å². The molecule has 2 N–H and O–H groups in total. The number of aromatic hydroxyl groups is 1. The maximum Gasteiger partial charge on any atom is 0.134 e. The van der Waals surface area contributed by atoms with Crippen LogP contribution < -0.4 is 5.32 Å². The number of halogens is 1. The summed E-state index contributed by atoms with van der Waals surface area (Å²) in [6.07, 6.45) is 0. The van der Waals surface area contributed by atoms with E-state index in [-0.39, 0.29) is 5.75 Å². The Hall–Kier alpha value is -0.770. The van der Waals surface area contributed by atoms with E-state index in [9.17, 15) is 5.11 Å². The van der Waals surface area contributed by atoms with Crippen molar-refractivity contribution in [3.05, 3.63) is 28.8 Å². The van der Waals surface area contributed by atoms with Crippen molar-refractivity contribution < 1.29 is 5.11 Å². The smallest absolute Gasteiger partial charge is 0.134 e. The lowest BCUT2D eigenvalue weighted by Gasteiger charge is -2.24. The Balaban J connectivity index is 1.71. The Bertz CT molecular complexity index is 451. The van der Waals surface area contributed by atoms with Crippen molar-refractivity contribution in [1.29, 1.82) is 0 Å². The van der Waals surface area contributed by atoms with Crippen LogP contribution in [0.3, 0.4) is 0 Å². The Labute approximate surface area is 113 Å². The summed E-state index contributed by atoms with van der Waals surface area (Å²) in [5.41, 5.74) is 1.18. The van der Waals surface area contributed by atoms with Crippen molar-refractivity contribution in [3.63, 3.8) is 0 Å². The summed E-state index contributed by atoms with van der Waals surface area (Å²) in [6.45, 7) is 6.71. The molecule has 0 aromatic heterocycles. The molecule has 2 fully saturated rings. The molecule has 0 radical (unpaired) electrons. The van der Waals surface area contributed by atoms with Crippen molar-refractivity contribution >= 4 is 11.6 Å².